The number of nitro groups is 1. The number of nitrogens with one attached hydrogen (secondary N) is 1. The number of amides is 1. The number of furan rings is 1. The maximum absolute atomic E-state index is 12.8. The normalized spacial score (nSPS) is 13.5. The first-order valence-electron chi connectivity index (χ1n) is 9.23. The second-order valence-corrected chi connectivity index (χ2v) is 7.13. The topological polar surface area (TPSA) is 88.6 Å². The second kappa shape index (κ2) is 7.97. The van der Waals surface area contributed by atoms with E-state index in [2.05, 4.69) is 10.2 Å². The highest BCUT2D eigenvalue weighted by Crippen LogP contribution is 2.36. The van der Waals surface area contributed by atoms with Crippen molar-refractivity contribution in [3.8, 4) is 11.3 Å². The first kappa shape index (κ1) is 19.0. The molecule has 2 aromatic carbocycles. The average molecular weight is 412 g/mol. The molecule has 148 valence electrons. The zero-order valence-electron chi connectivity index (χ0n) is 15.4. The number of carbonyl (C=O) groups is 1. The molecule has 3 aromatic rings. The molecule has 0 spiro atoms. The molecular weight excluding hydrogens is 394 g/mol. The van der Waals surface area contributed by atoms with Crippen LogP contribution in [0.3, 0.4) is 0 Å². The molecule has 1 N–H and O–H groups in total. The van der Waals surface area contributed by atoms with Crippen molar-refractivity contribution in [2.24, 2.45) is 0 Å². The predicted octanol–water partition coefficient (Wildman–Crippen LogP) is 5.36. The van der Waals surface area contributed by atoms with Crippen molar-refractivity contribution in [2.45, 2.75) is 12.8 Å². The van der Waals surface area contributed by atoms with Gasteiger partial charge in [-0.3, -0.25) is 14.9 Å². The number of benzene rings is 2. The van der Waals surface area contributed by atoms with E-state index in [4.69, 9.17) is 16.0 Å². The number of nitro benzene ring substituents is 1. The smallest absolute Gasteiger partial charge is 0.291 e. The van der Waals surface area contributed by atoms with Gasteiger partial charge in [-0.15, -0.1) is 0 Å². The Morgan fingerprint density at radius 3 is 2.59 bits per heavy atom. The maximum atomic E-state index is 12.8. The van der Waals surface area contributed by atoms with Crippen molar-refractivity contribution in [1.29, 1.82) is 0 Å². The van der Waals surface area contributed by atoms with Crippen LogP contribution in [0.25, 0.3) is 11.3 Å². The molecule has 0 bridgehead atoms. The van der Waals surface area contributed by atoms with Crippen LogP contribution in [0.2, 0.25) is 5.02 Å². The lowest BCUT2D eigenvalue weighted by molar-refractivity contribution is -0.384. The molecule has 1 saturated heterocycles. The molecule has 1 aliphatic rings. The van der Waals surface area contributed by atoms with Crippen molar-refractivity contribution in [3.05, 3.63) is 75.5 Å². The Kier molecular flexibility index (Phi) is 5.22. The standard InChI is InChI=1S/C21H18ClN3O4/c22-15-7-5-8-16(20(15)24-12-3-4-13-24)23-21(26)19-11-10-18(29-19)14-6-1-2-9-17(14)25(27)28/h1-2,5-11H,3-4,12-13H2,(H,23,26). The van der Waals surface area contributed by atoms with E-state index in [0.29, 0.717) is 16.3 Å². The molecular formula is C21H18ClN3O4. The van der Waals surface area contributed by atoms with Gasteiger partial charge in [0.25, 0.3) is 11.6 Å². The number of para-hydroxylation sites is 2. The summed E-state index contributed by atoms with van der Waals surface area (Å²) >= 11 is 6.39. The van der Waals surface area contributed by atoms with Gasteiger partial charge in [0, 0.05) is 19.2 Å². The molecule has 1 aliphatic heterocycles. The van der Waals surface area contributed by atoms with Crippen molar-refractivity contribution in [3.63, 3.8) is 0 Å². The minimum Gasteiger partial charge on any atom is -0.451 e. The van der Waals surface area contributed by atoms with Crippen molar-refractivity contribution in [1.82, 2.24) is 0 Å². The van der Waals surface area contributed by atoms with E-state index in [1.807, 2.05) is 0 Å². The van der Waals surface area contributed by atoms with Gasteiger partial charge in [0.15, 0.2) is 5.76 Å². The summed E-state index contributed by atoms with van der Waals surface area (Å²) in [4.78, 5) is 25.7. The number of halogens is 1. The van der Waals surface area contributed by atoms with Gasteiger partial charge >= 0.3 is 0 Å². The van der Waals surface area contributed by atoms with Crippen LogP contribution in [-0.2, 0) is 0 Å². The number of carbonyl (C=O) groups excluding carboxylic acids is 1. The van der Waals surface area contributed by atoms with Crippen LogP contribution in [0.5, 0.6) is 0 Å². The minimum atomic E-state index is -0.480. The highest BCUT2D eigenvalue weighted by Gasteiger charge is 2.22. The molecule has 0 atom stereocenters. The van der Waals surface area contributed by atoms with E-state index in [9.17, 15) is 14.9 Å². The van der Waals surface area contributed by atoms with Crippen molar-refractivity contribution >= 4 is 34.6 Å². The average Bonchev–Trinajstić information content (AvgIpc) is 3.40. The van der Waals surface area contributed by atoms with Gasteiger partial charge < -0.3 is 14.6 Å². The third kappa shape index (κ3) is 3.82. The monoisotopic (exact) mass is 411 g/mol. The second-order valence-electron chi connectivity index (χ2n) is 6.72. The number of anilines is 2. The minimum absolute atomic E-state index is 0.0606. The molecule has 1 amide bonds. The molecule has 2 heterocycles. The Labute approximate surface area is 172 Å². The molecule has 0 aliphatic carbocycles. The first-order valence-corrected chi connectivity index (χ1v) is 9.61. The van der Waals surface area contributed by atoms with Gasteiger partial charge in [0.05, 0.1) is 26.9 Å². The molecule has 7 nitrogen and oxygen atoms in total. The summed E-state index contributed by atoms with van der Waals surface area (Å²) in [7, 11) is 0. The molecule has 8 heteroatoms. The van der Waals surface area contributed by atoms with Crippen LogP contribution < -0.4 is 10.2 Å². The van der Waals surface area contributed by atoms with E-state index in [0.717, 1.165) is 31.6 Å². The summed E-state index contributed by atoms with van der Waals surface area (Å²) in [6, 6.07) is 14.7. The Morgan fingerprint density at radius 2 is 1.83 bits per heavy atom. The van der Waals surface area contributed by atoms with Gasteiger partial charge in [-0.05, 0) is 43.2 Å². The lowest BCUT2D eigenvalue weighted by Gasteiger charge is -2.22. The number of hydrogen-bond donors (Lipinski definition) is 1. The molecule has 4 rings (SSSR count). The predicted molar refractivity (Wildman–Crippen MR) is 112 cm³/mol. The van der Waals surface area contributed by atoms with Gasteiger partial charge in [0.1, 0.15) is 5.76 Å². The van der Waals surface area contributed by atoms with Gasteiger partial charge in [-0.2, -0.15) is 0 Å². The van der Waals surface area contributed by atoms with Gasteiger partial charge in [0.2, 0.25) is 0 Å². The number of nitrogens with zero attached hydrogens (tertiary/aromatic N) is 2. The molecule has 0 unspecified atom stereocenters. The maximum Gasteiger partial charge on any atom is 0.291 e. The van der Waals surface area contributed by atoms with Crippen LogP contribution in [-0.4, -0.2) is 23.9 Å². The van der Waals surface area contributed by atoms with Crippen molar-refractivity contribution in [2.75, 3.05) is 23.3 Å². The summed E-state index contributed by atoms with van der Waals surface area (Å²) in [5, 5.41) is 14.7. The highest BCUT2D eigenvalue weighted by molar-refractivity contribution is 6.34. The van der Waals surface area contributed by atoms with Gasteiger partial charge in [-0.25, -0.2) is 0 Å². The van der Waals surface area contributed by atoms with E-state index >= 15 is 0 Å². The summed E-state index contributed by atoms with van der Waals surface area (Å²) in [5.74, 6) is -0.128. The van der Waals surface area contributed by atoms with Crippen molar-refractivity contribution < 1.29 is 14.1 Å². The molecule has 0 saturated carbocycles. The first-order chi connectivity index (χ1) is 14.0. The molecule has 1 fully saturated rings. The van der Waals surface area contributed by atoms with Crippen LogP contribution in [0, 0.1) is 10.1 Å². The summed E-state index contributed by atoms with van der Waals surface area (Å²) in [5.41, 5.74) is 1.63. The quantitative estimate of drug-likeness (QED) is 0.451. The Hall–Kier alpha value is -3.32. The van der Waals surface area contributed by atoms with Gasteiger partial charge in [-0.1, -0.05) is 29.8 Å². The lowest BCUT2D eigenvalue weighted by Crippen LogP contribution is -2.21. The third-order valence-electron chi connectivity index (χ3n) is 4.85. The molecule has 0 radical (unpaired) electrons. The summed E-state index contributed by atoms with van der Waals surface area (Å²) in [6.45, 7) is 1.77. The van der Waals surface area contributed by atoms with Crippen LogP contribution in [0.1, 0.15) is 23.4 Å². The van der Waals surface area contributed by atoms with Crippen LogP contribution >= 0.6 is 11.6 Å². The van der Waals surface area contributed by atoms with E-state index in [1.54, 1.807) is 42.5 Å². The zero-order chi connectivity index (χ0) is 20.4. The fourth-order valence-electron chi connectivity index (χ4n) is 3.51. The van der Waals surface area contributed by atoms with Crippen LogP contribution in [0.4, 0.5) is 17.1 Å². The number of hydrogen-bond acceptors (Lipinski definition) is 5. The Balaban J connectivity index is 1.60. The van der Waals surface area contributed by atoms with Crippen LogP contribution in [0.15, 0.2) is 59.0 Å². The summed E-state index contributed by atoms with van der Waals surface area (Å²) in [6.07, 6.45) is 2.16. The number of rotatable bonds is 5. The Bertz CT molecular complexity index is 1070. The van der Waals surface area contributed by atoms with E-state index in [1.165, 1.54) is 12.1 Å². The molecule has 1 aromatic heterocycles. The summed E-state index contributed by atoms with van der Waals surface area (Å²) < 4.78 is 5.63. The highest BCUT2D eigenvalue weighted by atomic mass is 35.5. The van der Waals surface area contributed by atoms with E-state index < -0.39 is 10.8 Å². The lowest BCUT2D eigenvalue weighted by atomic mass is 10.1. The fourth-order valence-corrected chi connectivity index (χ4v) is 3.80. The fraction of sp³-hybridized carbons (Fsp3) is 0.190. The SMILES string of the molecule is O=C(Nc1cccc(Cl)c1N1CCCC1)c1ccc(-c2ccccc2[N+](=O)[O-])o1. The largest absolute Gasteiger partial charge is 0.451 e. The van der Waals surface area contributed by atoms with E-state index in [-0.39, 0.29) is 17.2 Å². The zero-order valence-corrected chi connectivity index (χ0v) is 16.2. The molecule has 29 heavy (non-hydrogen) atoms. The Morgan fingerprint density at radius 1 is 1.07 bits per heavy atom. The third-order valence-corrected chi connectivity index (χ3v) is 5.16.